The summed E-state index contributed by atoms with van der Waals surface area (Å²) in [5.74, 6) is -0.477. The van der Waals surface area contributed by atoms with Gasteiger partial charge in [-0.15, -0.1) is 11.3 Å². The van der Waals surface area contributed by atoms with Crippen molar-refractivity contribution >= 4 is 39.6 Å². The fourth-order valence-electron chi connectivity index (χ4n) is 4.29. The van der Waals surface area contributed by atoms with Gasteiger partial charge in [-0.25, -0.2) is 0 Å². The fourth-order valence-corrected chi connectivity index (χ4v) is 5.62. The molecule has 2 rings (SSSR count). The van der Waals surface area contributed by atoms with Crippen molar-refractivity contribution in [1.29, 1.82) is 0 Å². The molecular formula is C29H43ClN2O2S. The Labute approximate surface area is 221 Å². The van der Waals surface area contributed by atoms with Crippen molar-refractivity contribution in [3.63, 3.8) is 0 Å². The van der Waals surface area contributed by atoms with Gasteiger partial charge in [0.05, 0.1) is 17.1 Å². The number of nitrogens with two attached hydrogens (primary N) is 1. The fraction of sp³-hybridized carbons (Fsp3) is 0.586. The number of unbranched alkanes of at least 4 members (excludes halogenated alkanes) is 13. The van der Waals surface area contributed by atoms with Crippen LogP contribution >= 0.6 is 22.9 Å². The molecule has 194 valence electrons. The van der Waals surface area contributed by atoms with E-state index in [1.165, 1.54) is 94.8 Å². The molecule has 2 aromatic rings. The largest absolute Gasteiger partial charge is 0.322 e. The molecule has 0 saturated heterocycles. The molecular weight excluding hydrogens is 476 g/mol. The Hall–Kier alpha value is -1.69. The molecule has 0 aliphatic carbocycles. The number of amides is 1. The predicted octanol–water partition coefficient (Wildman–Crippen LogP) is 8.55. The number of ketones is 1. The van der Waals surface area contributed by atoms with Crippen LogP contribution in [0, 0.1) is 0 Å². The molecule has 0 aliphatic rings. The Morgan fingerprint density at radius 3 is 1.91 bits per heavy atom. The summed E-state index contributed by atoms with van der Waals surface area (Å²) < 4.78 is 0. The Morgan fingerprint density at radius 1 is 0.829 bits per heavy atom. The lowest BCUT2D eigenvalue weighted by atomic mass is 10.0. The van der Waals surface area contributed by atoms with Crippen molar-refractivity contribution in [2.75, 3.05) is 11.9 Å². The van der Waals surface area contributed by atoms with Gasteiger partial charge in [0, 0.05) is 10.4 Å². The minimum Gasteiger partial charge on any atom is -0.322 e. The van der Waals surface area contributed by atoms with Gasteiger partial charge in [-0.2, -0.15) is 0 Å². The van der Waals surface area contributed by atoms with E-state index in [0.717, 1.165) is 17.7 Å². The minimum absolute atomic E-state index is 0.119. The van der Waals surface area contributed by atoms with Crippen LogP contribution in [-0.2, 0) is 11.2 Å². The van der Waals surface area contributed by atoms with E-state index < -0.39 is 0 Å². The van der Waals surface area contributed by atoms with Crippen LogP contribution in [0.15, 0.2) is 30.3 Å². The first kappa shape index (κ1) is 29.5. The Bertz CT molecular complexity index is 897. The van der Waals surface area contributed by atoms with Crippen LogP contribution in [0.3, 0.4) is 0 Å². The van der Waals surface area contributed by atoms with E-state index in [-0.39, 0.29) is 18.2 Å². The highest BCUT2D eigenvalue weighted by molar-refractivity contribution is 7.16. The first-order valence-corrected chi connectivity index (χ1v) is 14.7. The second kappa shape index (κ2) is 17.7. The minimum atomic E-state index is -0.303. The summed E-state index contributed by atoms with van der Waals surface area (Å²) in [5, 5.41) is 3.76. The standard InChI is InChI=1S/C29H43ClN2O2S/c1-2-3-4-5-6-7-8-9-10-11-12-13-14-15-18-23-21-25(29(35-23)32-27(33)22-31)28(34)24-19-16-17-20-26(24)30/h16-17,19-21H,2-15,18,22,31H2,1H3,(H,32,33). The zero-order valence-electron chi connectivity index (χ0n) is 21.4. The summed E-state index contributed by atoms with van der Waals surface area (Å²) >= 11 is 7.71. The third-order valence-corrected chi connectivity index (χ3v) is 7.80. The predicted molar refractivity (Wildman–Crippen MR) is 151 cm³/mol. The number of hydrogen-bond donors (Lipinski definition) is 2. The van der Waals surface area contributed by atoms with E-state index in [9.17, 15) is 9.59 Å². The van der Waals surface area contributed by atoms with Crippen molar-refractivity contribution in [2.24, 2.45) is 5.73 Å². The lowest BCUT2D eigenvalue weighted by molar-refractivity contribution is -0.114. The van der Waals surface area contributed by atoms with Gasteiger partial charge in [-0.05, 0) is 31.0 Å². The van der Waals surface area contributed by atoms with Crippen molar-refractivity contribution in [2.45, 2.75) is 103 Å². The summed E-state index contributed by atoms with van der Waals surface area (Å²) in [6, 6.07) is 8.91. The number of nitrogens with one attached hydrogen (secondary N) is 1. The van der Waals surface area contributed by atoms with Crippen LogP contribution in [0.1, 0.15) is 118 Å². The molecule has 1 heterocycles. The van der Waals surface area contributed by atoms with Crippen LogP contribution in [0.4, 0.5) is 5.00 Å². The maximum Gasteiger partial charge on any atom is 0.238 e. The summed E-state index contributed by atoms with van der Waals surface area (Å²) in [6.45, 7) is 2.15. The van der Waals surface area contributed by atoms with Crippen LogP contribution < -0.4 is 11.1 Å². The third-order valence-electron chi connectivity index (χ3n) is 6.36. The van der Waals surface area contributed by atoms with Crippen LogP contribution in [0.5, 0.6) is 0 Å². The summed E-state index contributed by atoms with van der Waals surface area (Å²) in [4.78, 5) is 26.1. The van der Waals surface area contributed by atoms with Gasteiger partial charge >= 0.3 is 0 Å². The van der Waals surface area contributed by atoms with Crippen LogP contribution in [0.2, 0.25) is 5.02 Å². The number of anilines is 1. The third kappa shape index (κ3) is 11.3. The maximum atomic E-state index is 13.1. The second-order valence-corrected chi connectivity index (χ2v) is 10.9. The first-order valence-electron chi connectivity index (χ1n) is 13.5. The van der Waals surface area contributed by atoms with Gasteiger partial charge in [0.1, 0.15) is 5.00 Å². The normalized spacial score (nSPS) is 11.1. The van der Waals surface area contributed by atoms with E-state index in [4.69, 9.17) is 17.3 Å². The molecule has 4 nitrogen and oxygen atoms in total. The molecule has 1 aromatic carbocycles. The average Bonchev–Trinajstić information content (AvgIpc) is 3.26. The number of rotatable bonds is 19. The molecule has 1 amide bonds. The molecule has 6 heteroatoms. The molecule has 35 heavy (non-hydrogen) atoms. The average molecular weight is 519 g/mol. The molecule has 0 atom stereocenters. The number of aryl methyl sites for hydroxylation is 1. The Kier molecular flexibility index (Phi) is 14.9. The van der Waals surface area contributed by atoms with Gasteiger partial charge in [-0.3, -0.25) is 9.59 Å². The number of carbonyl (C=O) groups excluding carboxylic acids is 2. The van der Waals surface area contributed by atoms with Gasteiger partial charge in [0.15, 0.2) is 5.78 Å². The van der Waals surface area contributed by atoms with E-state index >= 15 is 0 Å². The highest BCUT2D eigenvalue weighted by Gasteiger charge is 2.20. The van der Waals surface area contributed by atoms with Crippen molar-refractivity contribution in [3.8, 4) is 0 Å². The van der Waals surface area contributed by atoms with Crippen molar-refractivity contribution < 1.29 is 9.59 Å². The van der Waals surface area contributed by atoms with E-state index in [2.05, 4.69) is 12.2 Å². The number of halogens is 1. The molecule has 0 bridgehead atoms. The molecule has 0 aliphatic heterocycles. The monoisotopic (exact) mass is 518 g/mol. The van der Waals surface area contributed by atoms with Gasteiger partial charge in [-0.1, -0.05) is 114 Å². The molecule has 3 N–H and O–H groups in total. The molecule has 0 saturated carbocycles. The zero-order valence-corrected chi connectivity index (χ0v) is 23.0. The smallest absolute Gasteiger partial charge is 0.238 e. The Balaban J connectivity index is 1.71. The van der Waals surface area contributed by atoms with E-state index in [1.54, 1.807) is 24.3 Å². The molecule has 0 radical (unpaired) electrons. The lowest BCUT2D eigenvalue weighted by Crippen LogP contribution is -2.22. The Morgan fingerprint density at radius 2 is 1.37 bits per heavy atom. The highest BCUT2D eigenvalue weighted by atomic mass is 35.5. The van der Waals surface area contributed by atoms with Crippen molar-refractivity contribution in [3.05, 3.63) is 51.4 Å². The number of benzene rings is 1. The molecule has 0 unspecified atom stereocenters. The topological polar surface area (TPSA) is 72.2 Å². The highest BCUT2D eigenvalue weighted by Crippen LogP contribution is 2.32. The molecule has 0 spiro atoms. The van der Waals surface area contributed by atoms with E-state index in [1.807, 2.05) is 6.07 Å². The first-order chi connectivity index (χ1) is 17.1. The quantitative estimate of drug-likeness (QED) is 0.144. The summed E-state index contributed by atoms with van der Waals surface area (Å²) in [7, 11) is 0. The molecule has 1 aromatic heterocycles. The van der Waals surface area contributed by atoms with Gasteiger partial charge < -0.3 is 11.1 Å². The summed E-state index contributed by atoms with van der Waals surface area (Å²) in [5.41, 5.74) is 6.40. The van der Waals surface area contributed by atoms with Gasteiger partial charge in [0.2, 0.25) is 5.91 Å². The number of thiophene rings is 1. The van der Waals surface area contributed by atoms with Crippen LogP contribution in [-0.4, -0.2) is 18.2 Å². The van der Waals surface area contributed by atoms with Crippen molar-refractivity contribution in [1.82, 2.24) is 0 Å². The zero-order chi connectivity index (χ0) is 25.3. The maximum absolute atomic E-state index is 13.1. The summed E-state index contributed by atoms with van der Waals surface area (Å²) in [6.07, 6.45) is 19.5. The van der Waals surface area contributed by atoms with E-state index in [0.29, 0.717) is 21.2 Å². The number of carbonyl (C=O) groups is 2. The number of hydrogen-bond acceptors (Lipinski definition) is 4. The lowest BCUT2D eigenvalue weighted by Gasteiger charge is -2.05. The van der Waals surface area contributed by atoms with Gasteiger partial charge in [0.25, 0.3) is 0 Å². The second-order valence-electron chi connectivity index (χ2n) is 9.36. The SMILES string of the molecule is CCCCCCCCCCCCCCCCc1cc(C(=O)c2ccccc2Cl)c(NC(=O)CN)s1. The van der Waals surface area contributed by atoms with Crippen LogP contribution in [0.25, 0.3) is 0 Å². The molecule has 0 fully saturated rings.